The molecule has 3 aromatic rings. The third-order valence-corrected chi connectivity index (χ3v) is 7.42. The fourth-order valence-corrected chi connectivity index (χ4v) is 4.79. The molecule has 1 aliphatic heterocycles. The smallest absolute Gasteiger partial charge is 0.270 e. The van der Waals surface area contributed by atoms with E-state index in [9.17, 15) is 23.8 Å². The van der Waals surface area contributed by atoms with E-state index in [2.05, 4.69) is 4.98 Å². The molecule has 206 valence electrons. The van der Waals surface area contributed by atoms with Crippen LogP contribution in [0.25, 0.3) is 0 Å². The van der Waals surface area contributed by atoms with Crippen molar-refractivity contribution in [2.45, 2.75) is 57.4 Å². The highest BCUT2D eigenvalue weighted by Crippen LogP contribution is 2.51. The Hall–Kier alpha value is -2.91. The largest absolute Gasteiger partial charge is 0.396 e. The SMILES string of the molecule is [2H]C([2H])(O)C1(C([2H])([2H])O[C@]2(c3ccc(C(C)(F)F)cc3)c3ccc(C(C)(C)O)cc3C(=O)N2Cc2ccc(Cl)cn2)CC1. The first-order valence-corrected chi connectivity index (χ1v) is 12.8. The number of aliphatic hydroxyl groups is 2. The number of hydrogen-bond acceptors (Lipinski definition) is 5. The van der Waals surface area contributed by atoms with Crippen LogP contribution in [0.15, 0.2) is 60.8 Å². The third-order valence-electron chi connectivity index (χ3n) is 7.20. The van der Waals surface area contributed by atoms with Crippen LogP contribution >= 0.6 is 11.6 Å². The number of benzene rings is 2. The molecule has 9 heteroatoms. The maximum Gasteiger partial charge on any atom is 0.270 e. The Morgan fingerprint density at radius 3 is 2.31 bits per heavy atom. The summed E-state index contributed by atoms with van der Waals surface area (Å²) in [6.45, 7) is -2.29. The Labute approximate surface area is 236 Å². The monoisotopic (exact) mass is 560 g/mol. The number of pyridine rings is 1. The van der Waals surface area contributed by atoms with Gasteiger partial charge in [0.05, 0.1) is 41.5 Å². The van der Waals surface area contributed by atoms with E-state index in [4.69, 9.17) is 21.8 Å². The van der Waals surface area contributed by atoms with E-state index in [1.807, 2.05) is 0 Å². The van der Waals surface area contributed by atoms with Crippen LogP contribution < -0.4 is 0 Å². The molecule has 1 aromatic heterocycles. The van der Waals surface area contributed by atoms with Gasteiger partial charge in [0.1, 0.15) is 0 Å². The molecule has 0 spiro atoms. The van der Waals surface area contributed by atoms with E-state index < -0.39 is 41.7 Å². The van der Waals surface area contributed by atoms with Gasteiger partial charge >= 0.3 is 0 Å². The number of aromatic nitrogens is 1. The van der Waals surface area contributed by atoms with Crippen LogP contribution in [-0.4, -0.2) is 39.1 Å². The van der Waals surface area contributed by atoms with E-state index in [0.717, 1.165) is 19.1 Å². The number of hydrogen-bond donors (Lipinski definition) is 2. The number of amides is 1. The standard InChI is InChI=1S/C30H31ClF2N2O4/c1-27(2,38)21-8-11-25-24(14-21)26(37)35(16-23-10-9-22(31)15-34-23)30(25,39-18-29(17-36)12-13-29)20-6-4-19(5-7-20)28(3,32)33/h4-11,14-15,36,38H,12-13,16-18H2,1-3H3/t30-/m1/s1/i17D2,18D2. The maximum atomic E-state index is 14.3. The third kappa shape index (κ3) is 5.07. The summed E-state index contributed by atoms with van der Waals surface area (Å²) in [5.74, 6) is -3.82. The van der Waals surface area contributed by atoms with Crippen molar-refractivity contribution in [2.75, 3.05) is 13.1 Å². The van der Waals surface area contributed by atoms with Gasteiger partial charge in [0.2, 0.25) is 0 Å². The summed E-state index contributed by atoms with van der Waals surface area (Å²) in [7, 11) is 0. The minimum absolute atomic E-state index is 0.0439. The van der Waals surface area contributed by atoms with Crippen molar-refractivity contribution in [3.8, 4) is 0 Å². The van der Waals surface area contributed by atoms with Crippen molar-refractivity contribution in [1.82, 2.24) is 9.88 Å². The van der Waals surface area contributed by atoms with E-state index in [1.165, 1.54) is 49.2 Å². The molecular formula is C30H31ClF2N2O4. The Bertz CT molecular complexity index is 1550. The zero-order valence-corrected chi connectivity index (χ0v) is 22.4. The highest BCUT2D eigenvalue weighted by atomic mass is 35.5. The molecule has 2 N–H and O–H groups in total. The molecule has 0 radical (unpaired) electrons. The van der Waals surface area contributed by atoms with Crippen molar-refractivity contribution < 1.29 is 34.0 Å². The molecule has 2 aromatic carbocycles. The molecule has 5 rings (SSSR count). The van der Waals surface area contributed by atoms with Gasteiger partial charge in [0.25, 0.3) is 11.8 Å². The molecule has 2 aliphatic rings. The highest BCUT2D eigenvalue weighted by molar-refractivity contribution is 6.30. The molecule has 1 aliphatic carbocycles. The predicted octanol–water partition coefficient (Wildman–Crippen LogP) is 5.72. The number of rotatable bonds is 9. The lowest BCUT2D eigenvalue weighted by atomic mass is 9.88. The number of alkyl halides is 2. The zero-order valence-electron chi connectivity index (χ0n) is 25.6. The van der Waals surface area contributed by atoms with E-state index in [0.29, 0.717) is 16.3 Å². The number of fused-ring (bicyclic) bond motifs is 1. The first kappa shape index (κ1) is 22.9. The molecule has 0 bridgehead atoms. The van der Waals surface area contributed by atoms with Crippen LogP contribution in [0.4, 0.5) is 8.78 Å². The van der Waals surface area contributed by atoms with Crippen LogP contribution in [0.5, 0.6) is 0 Å². The second kappa shape index (κ2) is 9.63. The minimum Gasteiger partial charge on any atom is -0.396 e. The van der Waals surface area contributed by atoms with Crippen LogP contribution in [-0.2, 0) is 28.5 Å². The molecule has 6 nitrogen and oxygen atoms in total. The lowest BCUT2D eigenvalue weighted by Gasteiger charge is -2.40. The van der Waals surface area contributed by atoms with Gasteiger partial charge in [-0.05, 0) is 50.5 Å². The van der Waals surface area contributed by atoms with Crippen LogP contribution in [0, 0.1) is 5.41 Å². The molecule has 0 unspecified atom stereocenters. The topological polar surface area (TPSA) is 82.9 Å². The van der Waals surface area contributed by atoms with E-state index in [-0.39, 0.29) is 41.6 Å². The quantitative estimate of drug-likeness (QED) is 0.350. The summed E-state index contributed by atoms with van der Waals surface area (Å²) in [5.41, 5.74) is -4.73. The number of carbonyl (C=O) groups excluding carboxylic acids is 1. The summed E-state index contributed by atoms with van der Waals surface area (Å²) < 4.78 is 68.7. The fraction of sp³-hybridized carbons (Fsp3) is 0.400. The number of ether oxygens (including phenoxy) is 1. The van der Waals surface area contributed by atoms with Crippen LogP contribution in [0.2, 0.25) is 5.02 Å². The van der Waals surface area contributed by atoms with Gasteiger partial charge in [-0.2, -0.15) is 0 Å². The Morgan fingerprint density at radius 1 is 1.10 bits per heavy atom. The lowest BCUT2D eigenvalue weighted by Crippen LogP contribution is -2.47. The van der Waals surface area contributed by atoms with Gasteiger partial charge in [-0.25, -0.2) is 8.78 Å². The summed E-state index contributed by atoms with van der Waals surface area (Å²) in [5, 5.41) is 21.4. The Kier molecular flexibility index (Phi) is 5.64. The maximum absolute atomic E-state index is 14.3. The summed E-state index contributed by atoms with van der Waals surface area (Å²) in [6, 6.07) is 12.6. The van der Waals surface area contributed by atoms with Crippen molar-refractivity contribution in [3.63, 3.8) is 0 Å². The van der Waals surface area contributed by atoms with Gasteiger partial charge in [0, 0.05) is 40.8 Å². The van der Waals surface area contributed by atoms with Crippen molar-refractivity contribution >= 4 is 17.5 Å². The molecule has 1 atom stereocenters. The van der Waals surface area contributed by atoms with Gasteiger partial charge < -0.3 is 14.9 Å². The number of carbonyl (C=O) groups is 1. The molecular weight excluding hydrogens is 526 g/mol. The van der Waals surface area contributed by atoms with Crippen molar-refractivity contribution in [2.24, 2.45) is 5.41 Å². The summed E-state index contributed by atoms with van der Waals surface area (Å²) in [4.78, 5) is 19.7. The molecule has 0 saturated heterocycles. The van der Waals surface area contributed by atoms with Crippen molar-refractivity contribution in [3.05, 3.63) is 99.3 Å². The van der Waals surface area contributed by atoms with Gasteiger partial charge in [-0.3, -0.25) is 14.7 Å². The first-order valence-electron chi connectivity index (χ1n) is 14.4. The van der Waals surface area contributed by atoms with E-state index >= 15 is 0 Å². The second-order valence-electron chi connectivity index (χ2n) is 10.7. The lowest BCUT2D eigenvalue weighted by molar-refractivity contribution is -0.129. The first-order chi connectivity index (χ1) is 19.7. The van der Waals surface area contributed by atoms with Crippen LogP contribution in [0.1, 0.15) is 77.4 Å². The number of halogens is 3. The molecule has 39 heavy (non-hydrogen) atoms. The average Bonchev–Trinajstić information content (AvgIpc) is 3.70. The van der Waals surface area contributed by atoms with Gasteiger partial charge in [0.15, 0.2) is 5.72 Å². The molecule has 1 fully saturated rings. The minimum atomic E-state index is -3.19. The zero-order chi connectivity index (χ0) is 31.8. The van der Waals surface area contributed by atoms with Crippen molar-refractivity contribution in [1.29, 1.82) is 0 Å². The number of nitrogens with zero attached hydrogens (tertiary/aromatic N) is 2. The van der Waals surface area contributed by atoms with Gasteiger partial charge in [-0.1, -0.05) is 48.0 Å². The molecule has 2 heterocycles. The second-order valence-corrected chi connectivity index (χ2v) is 11.1. The fourth-order valence-electron chi connectivity index (χ4n) is 4.68. The Morgan fingerprint density at radius 2 is 1.77 bits per heavy atom. The Balaban J connectivity index is 1.79. The average molecular weight is 561 g/mol. The normalized spacial score (nSPS) is 22.6. The van der Waals surface area contributed by atoms with Crippen LogP contribution in [0.3, 0.4) is 0 Å². The van der Waals surface area contributed by atoms with Gasteiger partial charge in [-0.15, -0.1) is 0 Å². The highest BCUT2D eigenvalue weighted by Gasteiger charge is 2.55. The summed E-state index contributed by atoms with van der Waals surface area (Å²) >= 11 is 6.02. The van der Waals surface area contributed by atoms with E-state index in [1.54, 1.807) is 18.2 Å². The molecule has 1 amide bonds. The molecule has 1 saturated carbocycles. The predicted molar refractivity (Wildman–Crippen MR) is 142 cm³/mol. The summed E-state index contributed by atoms with van der Waals surface area (Å²) in [6.07, 6.45) is 1.28.